The number of nitrogens with zero attached hydrogens (tertiary/aromatic N) is 2. The molecule has 1 aromatic rings. The third kappa shape index (κ3) is 1.85. The van der Waals surface area contributed by atoms with E-state index < -0.39 is 0 Å². The summed E-state index contributed by atoms with van der Waals surface area (Å²) in [6.45, 7) is 7.13. The number of benzene rings is 1. The van der Waals surface area contributed by atoms with Crippen molar-refractivity contribution in [1.82, 2.24) is 5.32 Å². The van der Waals surface area contributed by atoms with Crippen molar-refractivity contribution in [2.24, 2.45) is 15.6 Å². The van der Waals surface area contributed by atoms with E-state index in [1.54, 1.807) is 0 Å². The van der Waals surface area contributed by atoms with Gasteiger partial charge in [-0.25, -0.2) is 0 Å². The fourth-order valence-electron chi connectivity index (χ4n) is 5.42. The highest BCUT2D eigenvalue weighted by Crippen LogP contribution is 2.57. The van der Waals surface area contributed by atoms with Crippen LogP contribution < -0.4 is 5.32 Å². The minimum absolute atomic E-state index is 0.00798. The van der Waals surface area contributed by atoms with Crippen LogP contribution in [0.25, 0.3) is 0 Å². The molecule has 128 valence electrons. The summed E-state index contributed by atoms with van der Waals surface area (Å²) in [5.74, 6) is 1.19. The summed E-state index contributed by atoms with van der Waals surface area (Å²) >= 11 is 0. The maximum absolute atomic E-state index is 13.3. The van der Waals surface area contributed by atoms with Gasteiger partial charge in [0.25, 0.3) is 0 Å². The molecule has 1 atom stereocenters. The van der Waals surface area contributed by atoms with Crippen LogP contribution in [-0.4, -0.2) is 12.3 Å². The standard InChI is InChI=1S/C21H23N3O/c1-12-5-4-6-14-13(12)7-8-21(14)15-11-22-24-19(15)23-16-9-20(2,3)10-17(25)18(16)21/h4-6,23H,7-11H2,1-3H3. The molecule has 5 rings (SSSR count). The molecule has 2 aliphatic heterocycles. The van der Waals surface area contributed by atoms with Crippen molar-refractivity contribution in [2.45, 2.75) is 51.9 Å². The van der Waals surface area contributed by atoms with E-state index in [0.717, 1.165) is 36.4 Å². The van der Waals surface area contributed by atoms with E-state index in [0.29, 0.717) is 18.7 Å². The fraction of sp³-hybridized carbons (Fsp3) is 0.476. The predicted octanol–water partition coefficient (Wildman–Crippen LogP) is 4.10. The SMILES string of the molecule is Cc1cccc2c1CCC21C2=C(N=NC2)NC2=C1C(=O)CC(C)(C)C2. The van der Waals surface area contributed by atoms with Crippen molar-refractivity contribution in [1.29, 1.82) is 0 Å². The normalized spacial score (nSPS) is 29.0. The van der Waals surface area contributed by atoms with Gasteiger partial charge in [-0.15, -0.1) is 5.11 Å². The highest BCUT2D eigenvalue weighted by atomic mass is 16.1. The number of fused-ring (bicyclic) bond motifs is 4. The number of dihydropyridines is 1. The Morgan fingerprint density at radius 3 is 2.88 bits per heavy atom. The average molecular weight is 333 g/mol. The number of Topliss-reactive ketones (excluding diaryl/α,β-unsaturated/α-hetero) is 1. The third-order valence-electron chi connectivity index (χ3n) is 6.39. The summed E-state index contributed by atoms with van der Waals surface area (Å²) in [7, 11) is 0. The van der Waals surface area contributed by atoms with Gasteiger partial charge in [-0.05, 0) is 48.3 Å². The number of carbonyl (C=O) groups excluding carboxylic acids is 1. The molecule has 4 heteroatoms. The van der Waals surface area contributed by atoms with Gasteiger partial charge in [0.1, 0.15) is 0 Å². The lowest BCUT2D eigenvalue weighted by atomic mass is 9.61. The second-order valence-corrected chi connectivity index (χ2v) is 8.65. The second-order valence-electron chi connectivity index (χ2n) is 8.65. The van der Waals surface area contributed by atoms with Crippen LogP contribution in [0.5, 0.6) is 0 Å². The van der Waals surface area contributed by atoms with Crippen molar-refractivity contribution in [3.8, 4) is 0 Å². The molecule has 2 heterocycles. The van der Waals surface area contributed by atoms with Crippen LogP contribution in [0.15, 0.2) is 51.1 Å². The molecule has 0 amide bonds. The minimum atomic E-state index is -0.311. The number of rotatable bonds is 0. The predicted molar refractivity (Wildman–Crippen MR) is 96.1 cm³/mol. The molecule has 1 aromatic carbocycles. The van der Waals surface area contributed by atoms with Crippen LogP contribution in [0.4, 0.5) is 0 Å². The zero-order valence-electron chi connectivity index (χ0n) is 15.1. The molecule has 4 aliphatic rings. The zero-order chi connectivity index (χ0) is 17.4. The molecular formula is C21H23N3O. The highest BCUT2D eigenvalue weighted by molar-refractivity contribution is 6.02. The quantitative estimate of drug-likeness (QED) is 0.777. The smallest absolute Gasteiger partial charge is 0.162 e. The molecule has 1 N–H and O–H groups in total. The summed E-state index contributed by atoms with van der Waals surface area (Å²) < 4.78 is 0. The van der Waals surface area contributed by atoms with Gasteiger partial charge in [0.2, 0.25) is 0 Å². The van der Waals surface area contributed by atoms with Crippen molar-refractivity contribution in [3.63, 3.8) is 0 Å². The first-order valence-corrected chi connectivity index (χ1v) is 9.16. The minimum Gasteiger partial charge on any atom is -0.342 e. The lowest BCUT2D eigenvalue weighted by Gasteiger charge is -2.44. The molecule has 4 nitrogen and oxygen atoms in total. The third-order valence-corrected chi connectivity index (χ3v) is 6.39. The van der Waals surface area contributed by atoms with Crippen molar-refractivity contribution < 1.29 is 4.79 Å². The Hall–Kier alpha value is -2.23. The number of hydrogen-bond acceptors (Lipinski definition) is 4. The van der Waals surface area contributed by atoms with Crippen LogP contribution in [0.1, 0.15) is 49.8 Å². The Labute approximate surface area is 148 Å². The Kier molecular flexibility index (Phi) is 2.82. The van der Waals surface area contributed by atoms with E-state index in [4.69, 9.17) is 0 Å². The van der Waals surface area contributed by atoms with Gasteiger partial charge < -0.3 is 5.32 Å². The number of nitrogens with one attached hydrogen (secondary N) is 1. The number of hydrogen-bond donors (Lipinski definition) is 1. The van der Waals surface area contributed by atoms with E-state index in [-0.39, 0.29) is 10.8 Å². The van der Waals surface area contributed by atoms with E-state index in [9.17, 15) is 4.79 Å². The van der Waals surface area contributed by atoms with Gasteiger partial charge in [0.05, 0.1) is 12.0 Å². The molecule has 0 bridgehead atoms. The summed E-state index contributed by atoms with van der Waals surface area (Å²) in [5.41, 5.74) is 7.01. The molecule has 0 fully saturated rings. The lowest BCUT2D eigenvalue weighted by molar-refractivity contribution is -0.118. The van der Waals surface area contributed by atoms with Gasteiger partial charge in [0, 0.05) is 23.3 Å². The van der Waals surface area contributed by atoms with E-state index >= 15 is 0 Å². The van der Waals surface area contributed by atoms with Crippen LogP contribution in [-0.2, 0) is 16.6 Å². The van der Waals surface area contributed by atoms with Crippen LogP contribution in [0.2, 0.25) is 0 Å². The Balaban J connectivity index is 1.80. The summed E-state index contributed by atoms with van der Waals surface area (Å²) in [6.07, 6.45) is 3.49. The molecule has 25 heavy (non-hydrogen) atoms. The summed E-state index contributed by atoms with van der Waals surface area (Å²) in [5, 5.41) is 12.2. The molecule has 0 saturated heterocycles. The largest absolute Gasteiger partial charge is 0.342 e. The maximum atomic E-state index is 13.3. The average Bonchev–Trinajstić information content (AvgIpc) is 3.13. The van der Waals surface area contributed by atoms with Gasteiger partial charge in [0.15, 0.2) is 11.6 Å². The van der Waals surface area contributed by atoms with E-state index in [1.807, 2.05) is 0 Å². The second kappa shape index (κ2) is 4.69. The van der Waals surface area contributed by atoms with Crippen molar-refractivity contribution >= 4 is 5.78 Å². The monoisotopic (exact) mass is 333 g/mol. The number of azo groups is 1. The Bertz CT molecular complexity index is 919. The number of carbonyl (C=O) groups is 1. The van der Waals surface area contributed by atoms with Crippen molar-refractivity contribution in [2.75, 3.05) is 6.54 Å². The van der Waals surface area contributed by atoms with E-state index in [2.05, 4.69) is 54.5 Å². The van der Waals surface area contributed by atoms with Crippen LogP contribution in [0, 0.1) is 12.3 Å². The topological polar surface area (TPSA) is 53.8 Å². The molecular weight excluding hydrogens is 310 g/mol. The summed E-state index contributed by atoms with van der Waals surface area (Å²) in [4.78, 5) is 13.3. The van der Waals surface area contributed by atoms with Gasteiger partial charge in [-0.2, -0.15) is 5.11 Å². The summed E-state index contributed by atoms with van der Waals surface area (Å²) in [6, 6.07) is 6.53. The van der Waals surface area contributed by atoms with Gasteiger partial charge in [-0.3, -0.25) is 4.79 Å². The molecule has 1 unspecified atom stereocenters. The maximum Gasteiger partial charge on any atom is 0.162 e. The van der Waals surface area contributed by atoms with E-state index in [1.165, 1.54) is 22.3 Å². The van der Waals surface area contributed by atoms with Gasteiger partial charge >= 0.3 is 0 Å². The number of allylic oxidation sites excluding steroid dienone is 2. The molecule has 0 aromatic heterocycles. The first-order chi connectivity index (χ1) is 11.9. The molecule has 0 radical (unpaired) electrons. The highest BCUT2D eigenvalue weighted by Gasteiger charge is 2.54. The number of ketones is 1. The first-order valence-electron chi connectivity index (χ1n) is 9.16. The first kappa shape index (κ1) is 15.1. The molecule has 1 spiro atoms. The number of aryl methyl sites for hydroxylation is 1. The fourth-order valence-corrected chi connectivity index (χ4v) is 5.42. The zero-order valence-corrected chi connectivity index (χ0v) is 15.1. The Morgan fingerprint density at radius 2 is 2.04 bits per heavy atom. The van der Waals surface area contributed by atoms with Crippen LogP contribution in [0.3, 0.4) is 0 Å². The molecule has 0 saturated carbocycles. The molecule has 2 aliphatic carbocycles. The van der Waals surface area contributed by atoms with Crippen LogP contribution >= 0.6 is 0 Å². The van der Waals surface area contributed by atoms with Crippen molar-refractivity contribution in [3.05, 3.63) is 57.6 Å². The lowest BCUT2D eigenvalue weighted by Crippen LogP contribution is -2.45. The Morgan fingerprint density at radius 1 is 1.20 bits per heavy atom. The van der Waals surface area contributed by atoms with Gasteiger partial charge in [-0.1, -0.05) is 32.0 Å².